The van der Waals surface area contributed by atoms with Crippen LogP contribution in [-0.2, 0) is 0 Å². The second-order valence-electron chi connectivity index (χ2n) is 5.39. The van der Waals surface area contributed by atoms with Crippen molar-refractivity contribution in [1.29, 1.82) is 0 Å². The Balaban J connectivity index is 0.00000220. The molecule has 0 aromatic heterocycles. The number of unbranched alkanes of at least 4 members (excludes halogenated alkanes) is 2. The fourth-order valence-corrected chi connectivity index (χ4v) is 7.10. The molecule has 2 rings (SSSR count). The van der Waals surface area contributed by atoms with E-state index in [0.717, 1.165) is 0 Å². The maximum atomic E-state index is 2.37. The summed E-state index contributed by atoms with van der Waals surface area (Å²) in [7, 11) is -1.21. The molecule has 0 spiro atoms. The van der Waals surface area contributed by atoms with Crippen LogP contribution in [0.4, 0.5) is 0 Å². The van der Waals surface area contributed by atoms with Gasteiger partial charge in [0.25, 0.3) is 0 Å². The first-order valence-electron chi connectivity index (χ1n) is 7.82. The molecule has 0 heterocycles. The predicted octanol–water partition coefficient (Wildman–Crippen LogP) is 4.04. The fourth-order valence-electron chi connectivity index (χ4n) is 2.99. The Kier molecular flexibility index (Phi) is 7.64. The summed E-state index contributed by atoms with van der Waals surface area (Å²) in [5.41, 5.74) is 0. The van der Waals surface area contributed by atoms with Crippen molar-refractivity contribution in [3.63, 3.8) is 0 Å². The fraction of sp³-hybridized carbons (Fsp3) is 0.368. The Morgan fingerprint density at radius 1 is 0.714 bits per heavy atom. The van der Waals surface area contributed by atoms with E-state index in [4.69, 9.17) is 0 Å². The highest BCUT2D eigenvalue weighted by Gasteiger charge is 2.28. The van der Waals surface area contributed by atoms with Gasteiger partial charge in [-0.25, -0.2) is 0 Å². The maximum Gasteiger partial charge on any atom is -0.0239 e. The maximum absolute atomic E-state index is 2.37. The van der Waals surface area contributed by atoms with Gasteiger partial charge in [-0.3, -0.25) is 0 Å². The summed E-state index contributed by atoms with van der Waals surface area (Å²) in [5, 5.41) is 3.15. The van der Waals surface area contributed by atoms with Crippen molar-refractivity contribution in [2.75, 3.05) is 12.3 Å². The van der Waals surface area contributed by atoms with Crippen molar-refractivity contribution in [2.45, 2.75) is 33.1 Å². The molecule has 115 valence electrons. The summed E-state index contributed by atoms with van der Waals surface area (Å²) in [4.78, 5) is 0. The molecule has 1 nitrogen and oxygen atoms in total. The number of hydrogen-bond acceptors (Lipinski definition) is 0. The lowest BCUT2D eigenvalue weighted by atomic mass is 10.3. The van der Waals surface area contributed by atoms with E-state index in [0.29, 0.717) is 0 Å². The molecule has 0 aliphatic rings. The first kappa shape index (κ1) is 17.9. The van der Waals surface area contributed by atoms with Crippen molar-refractivity contribution in [2.24, 2.45) is 0 Å². The standard InChI is InChI=1S/C19H26P.H2O/c1-3-5-12-17-20(4-2,18-13-8-6-9-14-18)19-15-10-7-11-16-19;/h6-11,13-16H,3-5,12,17H2,1-2H3;1H2. The molecule has 0 aliphatic carbocycles. The lowest BCUT2D eigenvalue weighted by molar-refractivity contribution is 0.775. The van der Waals surface area contributed by atoms with Gasteiger partial charge in [0.15, 0.2) is 0 Å². The highest BCUT2D eigenvalue weighted by Crippen LogP contribution is 2.56. The van der Waals surface area contributed by atoms with Crippen molar-refractivity contribution < 1.29 is 5.48 Å². The van der Waals surface area contributed by atoms with E-state index in [2.05, 4.69) is 74.5 Å². The largest absolute Gasteiger partial charge is 0.412 e. The van der Waals surface area contributed by atoms with Crippen molar-refractivity contribution >= 4 is 17.9 Å². The van der Waals surface area contributed by atoms with Crippen molar-refractivity contribution in [3.8, 4) is 0 Å². The molecule has 0 unspecified atom stereocenters. The number of benzene rings is 2. The van der Waals surface area contributed by atoms with E-state index in [1.54, 1.807) is 10.6 Å². The predicted molar refractivity (Wildman–Crippen MR) is 97.6 cm³/mol. The second kappa shape index (κ2) is 8.97. The highest BCUT2D eigenvalue weighted by molar-refractivity contribution is 7.89. The molecular weight excluding hydrogens is 275 g/mol. The molecule has 0 saturated carbocycles. The smallest absolute Gasteiger partial charge is 0.0239 e. The van der Waals surface area contributed by atoms with Crippen LogP contribution in [0.3, 0.4) is 0 Å². The Morgan fingerprint density at radius 2 is 1.19 bits per heavy atom. The van der Waals surface area contributed by atoms with Crippen LogP contribution in [0, 0.1) is 0 Å². The third-order valence-corrected chi connectivity index (χ3v) is 8.92. The van der Waals surface area contributed by atoms with Crippen LogP contribution in [0.2, 0.25) is 0 Å². The van der Waals surface area contributed by atoms with Crippen LogP contribution in [0.15, 0.2) is 60.7 Å². The highest BCUT2D eigenvalue weighted by atomic mass is 31.2. The topological polar surface area (TPSA) is 31.5 Å². The molecular formula is C19H28OP. The quantitative estimate of drug-likeness (QED) is 0.546. The van der Waals surface area contributed by atoms with Crippen molar-refractivity contribution in [1.82, 2.24) is 0 Å². The van der Waals surface area contributed by atoms with Gasteiger partial charge < -0.3 is 5.48 Å². The summed E-state index contributed by atoms with van der Waals surface area (Å²) < 4.78 is 0. The van der Waals surface area contributed by atoms with Gasteiger partial charge in [-0.15, -0.1) is 0 Å². The monoisotopic (exact) mass is 303 g/mol. The van der Waals surface area contributed by atoms with Crippen LogP contribution in [0.5, 0.6) is 0 Å². The average molecular weight is 303 g/mol. The lowest BCUT2D eigenvalue weighted by Crippen LogP contribution is -2.26. The molecule has 0 amide bonds. The molecule has 2 aromatic carbocycles. The molecule has 1 radical (unpaired) electrons. The summed E-state index contributed by atoms with van der Waals surface area (Å²) in [5.74, 6) is 0. The summed E-state index contributed by atoms with van der Waals surface area (Å²) in [6.45, 7) is 4.66. The summed E-state index contributed by atoms with van der Waals surface area (Å²) in [6, 6.07) is 22.4. The van der Waals surface area contributed by atoms with Crippen LogP contribution in [0.25, 0.3) is 0 Å². The number of hydrogen-bond donors (Lipinski definition) is 0. The molecule has 2 N–H and O–H groups in total. The third kappa shape index (κ3) is 4.15. The first-order valence-corrected chi connectivity index (χ1v) is 9.97. The van der Waals surface area contributed by atoms with Gasteiger partial charge in [-0.05, 0) is 29.4 Å². The van der Waals surface area contributed by atoms with E-state index in [9.17, 15) is 0 Å². The molecule has 0 fully saturated rings. The van der Waals surface area contributed by atoms with Crippen LogP contribution in [0.1, 0.15) is 33.1 Å². The minimum Gasteiger partial charge on any atom is -0.412 e. The minimum absolute atomic E-state index is 0. The van der Waals surface area contributed by atoms with Gasteiger partial charge >= 0.3 is 0 Å². The van der Waals surface area contributed by atoms with Crippen LogP contribution < -0.4 is 10.6 Å². The van der Waals surface area contributed by atoms with Gasteiger partial charge in [0, 0.05) is 0 Å². The Bertz CT molecular complexity index is 456. The van der Waals surface area contributed by atoms with E-state index in [1.165, 1.54) is 31.6 Å². The lowest BCUT2D eigenvalue weighted by Gasteiger charge is -2.37. The molecule has 2 heteroatoms. The average Bonchev–Trinajstić information content (AvgIpc) is 2.54. The first-order chi connectivity index (χ1) is 9.83. The molecule has 0 aliphatic heterocycles. The summed E-state index contributed by atoms with van der Waals surface area (Å²) >= 11 is 0. The van der Waals surface area contributed by atoms with Crippen LogP contribution >= 0.6 is 7.26 Å². The van der Waals surface area contributed by atoms with Gasteiger partial charge in [-0.1, -0.05) is 94.6 Å². The van der Waals surface area contributed by atoms with Gasteiger partial charge in [-0.2, -0.15) is 0 Å². The molecule has 21 heavy (non-hydrogen) atoms. The zero-order valence-corrected chi connectivity index (χ0v) is 14.2. The Labute approximate surface area is 130 Å². The SMILES string of the molecule is CCCCC[P](CC)(c1ccccc1)c1ccccc1.O. The van der Waals surface area contributed by atoms with Crippen molar-refractivity contribution in [3.05, 3.63) is 60.7 Å². The summed E-state index contributed by atoms with van der Waals surface area (Å²) in [6.07, 6.45) is 6.62. The van der Waals surface area contributed by atoms with E-state index in [1.807, 2.05) is 0 Å². The molecule has 0 saturated heterocycles. The zero-order valence-electron chi connectivity index (χ0n) is 13.3. The normalized spacial score (nSPS) is 11.0. The van der Waals surface area contributed by atoms with Gasteiger partial charge in [0.2, 0.25) is 0 Å². The van der Waals surface area contributed by atoms with E-state index in [-0.39, 0.29) is 5.48 Å². The Hall–Kier alpha value is -1.17. The van der Waals surface area contributed by atoms with Gasteiger partial charge in [0.1, 0.15) is 0 Å². The second-order valence-corrected chi connectivity index (χ2v) is 9.43. The zero-order chi connectivity index (χ0) is 14.3. The number of rotatable bonds is 7. The third-order valence-electron chi connectivity index (χ3n) is 4.18. The molecule has 2 aromatic rings. The molecule has 0 bridgehead atoms. The Morgan fingerprint density at radius 3 is 1.57 bits per heavy atom. The van der Waals surface area contributed by atoms with Crippen LogP contribution in [-0.4, -0.2) is 17.8 Å². The van der Waals surface area contributed by atoms with E-state index >= 15 is 0 Å². The van der Waals surface area contributed by atoms with E-state index < -0.39 is 7.26 Å². The van der Waals surface area contributed by atoms with Gasteiger partial charge in [0.05, 0.1) is 0 Å². The minimum atomic E-state index is -1.21. The molecule has 0 atom stereocenters.